The van der Waals surface area contributed by atoms with Crippen LogP contribution in [-0.2, 0) is 19.4 Å². The number of hydrogen-bond acceptors (Lipinski definition) is 4. The zero-order valence-electron chi connectivity index (χ0n) is 9.56. The number of ether oxygens (including phenoxy) is 1. The molecule has 0 radical (unpaired) electrons. The van der Waals surface area contributed by atoms with Crippen molar-refractivity contribution in [1.82, 2.24) is 0 Å². The quantitative estimate of drug-likeness (QED) is 0.582. The Morgan fingerprint density at radius 3 is 2.35 bits per heavy atom. The van der Waals surface area contributed by atoms with E-state index in [-0.39, 0.29) is 11.5 Å². The molecule has 0 aromatic heterocycles. The Labute approximate surface area is 101 Å². The highest BCUT2D eigenvalue weighted by atomic mass is 32.2. The van der Waals surface area contributed by atoms with E-state index in [1.54, 1.807) is 19.1 Å². The van der Waals surface area contributed by atoms with Crippen molar-refractivity contribution in [3.8, 4) is 11.8 Å². The molecule has 0 saturated heterocycles. The molecule has 0 heterocycles. The van der Waals surface area contributed by atoms with E-state index in [1.165, 1.54) is 12.1 Å². The molecule has 4 nitrogen and oxygen atoms in total. The van der Waals surface area contributed by atoms with Crippen molar-refractivity contribution in [1.29, 1.82) is 0 Å². The summed E-state index contributed by atoms with van der Waals surface area (Å²) in [6.07, 6.45) is 1.13. The first kappa shape index (κ1) is 13.3. The predicted molar refractivity (Wildman–Crippen MR) is 63.1 cm³/mol. The first-order chi connectivity index (χ1) is 7.93. The molecule has 0 atom stereocenters. The van der Waals surface area contributed by atoms with Gasteiger partial charge in [-0.2, -0.15) is 0 Å². The lowest BCUT2D eigenvalue weighted by Gasteiger charge is -1.97. The fraction of sp³-hybridized carbons (Fsp3) is 0.250. The van der Waals surface area contributed by atoms with Gasteiger partial charge in [-0.15, -0.1) is 0 Å². The van der Waals surface area contributed by atoms with Crippen LogP contribution in [-0.4, -0.2) is 27.2 Å². The van der Waals surface area contributed by atoms with E-state index in [2.05, 4.69) is 16.6 Å². The van der Waals surface area contributed by atoms with Gasteiger partial charge in [-0.1, -0.05) is 5.92 Å². The number of rotatable bonds is 2. The summed E-state index contributed by atoms with van der Waals surface area (Å²) >= 11 is 0. The predicted octanol–water partition coefficient (Wildman–Crippen LogP) is 1.00. The van der Waals surface area contributed by atoms with Gasteiger partial charge in [-0.25, -0.2) is 13.2 Å². The molecule has 5 heteroatoms. The second kappa shape index (κ2) is 5.51. The third-order valence-electron chi connectivity index (χ3n) is 1.87. The first-order valence-electron chi connectivity index (χ1n) is 4.92. The smallest absolute Gasteiger partial charge is 0.384 e. The highest BCUT2D eigenvalue weighted by Gasteiger charge is 2.05. The van der Waals surface area contributed by atoms with E-state index >= 15 is 0 Å². The van der Waals surface area contributed by atoms with Gasteiger partial charge < -0.3 is 4.74 Å². The molecular formula is C12H12O4S. The van der Waals surface area contributed by atoms with Crippen LogP contribution in [0.5, 0.6) is 0 Å². The first-order valence-corrected chi connectivity index (χ1v) is 6.81. The molecule has 0 amide bonds. The molecule has 0 saturated carbocycles. The standard InChI is InChI=1S/C12H12O4S/c1-3-16-12(13)9-6-10-4-7-11(8-5-10)17(2,14)15/h4-5,7-8H,3H2,1-2H3. The molecule has 17 heavy (non-hydrogen) atoms. The Morgan fingerprint density at radius 1 is 1.29 bits per heavy atom. The largest absolute Gasteiger partial charge is 0.456 e. The molecule has 1 rings (SSSR count). The van der Waals surface area contributed by atoms with Crippen LogP contribution in [0, 0.1) is 11.8 Å². The third kappa shape index (κ3) is 4.29. The summed E-state index contributed by atoms with van der Waals surface area (Å²) in [5, 5.41) is 0. The van der Waals surface area contributed by atoms with Crippen LogP contribution < -0.4 is 0 Å². The molecule has 1 aromatic carbocycles. The van der Waals surface area contributed by atoms with Crippen molar-refractivity contribution in [3.63, 3.8) is 0 Å². The fourth-order valence-corrected chi connectivity index (χ4v) is 1.71. The molecule has 0 aliphatic rings. The normalized spacial score (nSPS) is 10.2. The number of carbonyl (C=O) groups excluding carboxylic acids is 1. The van der Waals surface area contributed by atoms with Crippen molar-refractivity contribution in [2.24, 2.45) is 0 Å². The van der Waals surface area contributed by atoms with Gasteiger partial charge in [-0.3, -0.25) is 0 Å². The summed E-state index contributed by atoms with van der Waals surface area (Å²) in [5.74, 6) is 4.29. The maximum atomic E-state index is 11.2. The van der Waals surface area contributed by atoms with Crippen LogP contribution in [0.25, 0.3) is 0 Å². The molecule has 0 aliphatic heterocycles. The van der Waals surface area contributed by atoms with Crippen molar-refractivity contribution in [2.75, 3.05) is 12.9 Å². The van der Waals surface area contributed by atoms with Gasteiger partial charge in [-0.05, 0) is 31.2 Å². The molecule has 0 unspecified atom stereocenters. The Morgan fingerprint density at radius 2 is 1.88 bits per heavy atom. The summed E-state index contributed by atoms with van der Waals surface area (Å²) in [7, 11) is -3.20. The minimum atomic E-state index is -3.20. The average Bonchev–Trinajstić information content (AvgIpc) is 2.26. The van der Waals surface area contributed by atoms with Crippen LogP contribution in [0.4, 0.5) is 0 Å². The topological polar surface area (TPSA) is 60.4 Å². The van der Waals surface area contributed by atoms with Crippen molar-refractivity contribution < 1.29 is 17.9 Å². The minimum Gasteiger partial charge on any atom is -0.456 e. The Hall–Kier alpha value is -1.80. The van der Waals surface area contributed by atoms with Crippen molar-refractivity contribution in [2.45, 2.75) is 11.8 Å². The molecule has 0 fully saturated rings. The third-order valence-corrected chi connectivity index (χ3v) is 3.00. The van der Waals surface area contributed by atoms with Crippen LogP contribution in [0.1, 0.15) is 12.5 Å². The average molecular weight is 252 g/mol. The van der Waals surface area contributed by atoms with E-state index in [9.17, 15) is 13.2 Å². The minimum absolute atomic E-state index is 0.221. The lowest BCUT2D eigenvalue weighted by atomic mass is 10.2. The summed E-state index contributed by atoms with van der Waals surface area (Å²) in [6, 6.07) is 5.99. The Kier molecular flexibility index (Phi) is 4.30. The lowest BCUT2D eigenvalue weighted by Crippen LogP contribution is -1.99. The summed E-state index contributed by atoms with van der Waals surface area (Å²) in [5.41, 5.74) is 0.561. The van der Waals surface area contributed by atoms with Gasteiger partial charge in [0, 0.05) is 17.7 Å². The van der Waals surface area contributed by atoms with Crippen molar-refractivity contribution in [3.05, 3.63) is 29.8 Å². The molecule has 1 aromatic rings. The summed E-state index contributed by atoms with van der Waals surface area (Å²) < 4.78 is 27.0. The maximum absolute atomic E-state index is 11.2. The summed E-state index contributed by atoms with van der Waals surface area (Å²) in [6.45, 7) is 1.97. The van der Waals surface area contributed by atoms with E-state index in [0.717, 1.165) is 6.26 Å². The van der Waals surface area contributed by atoms with E-state index in [1.807, 2.05) is 0 Å². The molecule has 0 aliphatic carbocycles. The zero-order valence-corrected chi connectivity index (χ0v) is 10.4. The maximum Gasteiger partial charge on any atom is 0.384 e. The second-order valence-corrected chi connectivity index (χ2v) is 5.28. The van der Waals surface area contributed by atoms with E-state index in [0.29, 0.717) is 5.56 Å². The monoisotopic (exact) mass is 252 g/mol. The van der Waals surface area contributed by atoms with Gasteiger partial charge in [0.1, 0.15) is 0 Å². The molecule has 90 valence electrons. The van der Waals surface area contributed by atoms with Crippen molar-refractivity contribution >= 4 is 15.8 Å². The number of sulfone groups is 1. The highest BCUT2D eigenvalue weighted by molar-refractivity contribution is 7.90. The number of carbonyl (C=O) groups is 1. The molecule has 0 spiro atoms. The van der Waals surface area contributed by atoms with Crippen LogP contribution >= 0.6 is 0 Å². The second-order valence-electron chi connectivity index (χ2n) is 3.27. The molecule has 0 N–H and O–H groups in total. The lowest BCUT2D eigenvalue weighted by molar-refractivity contribution is -0.136. The molecule has 0 bridgehead atoms. The van der Waals surface area contributed by atoms with Crippen LogP contribution in [0.3, 0.4) is 0 Å². The number of esters is 1. The van der Waals surface area contributed by atoms with Gasteiger partial charge in [0.2, 0.25) is 0 Å². The van der Waals surface area contributed by atoms with E-state index in [4.69, 9.17) is 0 Å². The zero-order chi connectivity index (χ0) is 12.9. The number of hydrogen-bond donors (Lipinski definition) is 0. The van der Waals surface area contributed by atoms with Gasteiger partial charge in [0.25, 0.3) is 0 Å². The summed E-state index contributed by atoms with van der Waals surface area (Å²) in [4.78, 5) is 11.2. The Balaban J connectivity index is 2.86. The SMILES string of the molecule is CCOC(=O)C#Cc1ccc(S(C)(=O)=O)cc1. The van der Waals surface area contributed by atoms with E-state index < -0.39 is 15.8 Å². The van der Waals surface area contributed by atoms with Gasteiger partial charge in [0.05, 0.1) is 11.5 Å². The fourth-order valence-electron chi connectivity index (χ4n) is 1.08. The number of benzene rings is 1. The Bertz CT molecular complexity index is 559. The van der Waals surface area contributed by atoms with Crippen LogP contribution in [0.2, 0.25) is 0 Å². The van der Waals surface area contributed by atoms with Crippen LogP contribution in [0.15, 0.2) is 29.2 Å². The van der Waals surface area contributed by atoms with Gasteiger partial charge in [0.15, 0.2) is 9.84 Å². The molecular weight excluding hydrogens is 240 g/mol. The highest BCUT2D eigenvalue weighted by Crippen LogP contribution is 2.09. The van der Waals surface area contributed by atoms with Gasteiger partial charge >= 0.3 is 5.97 Å².